The number of esters is 1. The summed E-state index contributed by atoms with van der Waals surface area (Å²) in [6, 6.07) is 12.0. The average molecular weight is 373 g/mol. The maximum atomic E-state index is 12.5. The summed E-state index contributed by atoms with van der Waals surface area (Å²) in [6.07, 6.45) is 4.61. The Morgan fingerprint density at radius 1 is 1.19 bits per heavy atom. The first-order chi connectivity index (χ1) is 12.6. The number of pyridine rings is 1. The third kappa shape index (κ3) is 4.98. The van der Waals surface area contributed by atoms with Gasteiger partial charge in [-0.15, -0.1) is 6.42 Å². The van der Waals surface area contributed by atoms with Crippen LogP contribution in [0.4, 0.5) is 10.6 Å². The molecule has 0 saturated heterocycles. The lowest BCUT2D eigenvalue weighted by Gasteiger charge is -2.21. The average Bonchev–Trinajstić information content (AvgIpc) is 2.65. The van der Waals surface area contributed by atoms with Crippen molar-refractivity contribution in [3.8, 4) is 12.3 Å². The van der Waals surface area contributed by atoms with E-state index in [4.69, 9.17) is 27.5 Å². The summed E-state index contributed by atoms with van der Waals surface area (Å²) in [6.45, 7) is 1.76. The smallest absolute Gasteiger partial charge is 0.416 e. The van der Waals surface area contributed by atoms with Gasteiger partial charge < -0.3 is 9.47 Å². The van der Waals surface area contributed by atoms with E-state index in [2.05, 4.69) is 10.9 Å². The zero-order valence-corrected chi connectivity index (χ0v) is 14.9. The molecule has 7 heteroatoms. The second-order valence-corrected chi connectivity index (χ2v) is 5.44. The summed E-state index contributed by atoms with van der Waals surface area (Å²) in [5, 5.41) is 0.103. The number of nitrogens with zero attached hydrogens (tertiary/aromatic N) is 2. The first-order valence-corrected chi connectivity index (χ1v) is 8.20. The van der Waals surface area contributed by atoms with Crippen molar-refractivity contribution in [2.75, 3.05) is 18.1 Å². The Hall–Kier alpha value is -3.04. The van der Waals surface area contributed by atoms with Crippen molar-refractivity contribution in [1.82, 2.24) is 4.98 Å². The molecule has 1 amide bonds. The van der Waals surface area contributed by atoms with E-state index in [0.29, 0.717) is 0 Å². The molecule has 134 valence electrons. The summed E-state index contributed by atoms with van der Waals surface area (Å²) >= 11 is 5.93. The monoisotopic (exact) mass is 372 g/mol. The summed E-state index contributed by atoms with van der Waals surface area (Å²) in [4.78, 5) is 29.8. The molecule has 0 atom stereocenters. The molecule has 0 saturated carbocycles. The number of hydrogen-bond donors (Lipinski definition) is 0. The third-order valence-electron chi connectivity index (χ3n) is 3.27. The fourth-order valence-electron chi connectivity index (χ4n) is 2.11. The number of rotatable bonds is 6. The van der Waals surface area contributed by atoms with Crippen molar-refractivity contribution in [2.24, 2.45) is 0 Å². The highest BCUT2D eigenvalue weighted by atomic mass is 35.5. The van der Waals surface area contributed by atoms with Crippen LogP contribution in [0.15, 0.2) is 42.5 Å². The first-order valence-electron chi connectivity index (χ1n) is 7.82. The number of halogens is 1. The Bertz CT molecular complexity index is 818. The van der Waals surface area contributed by atoms with Gasteiger partial charge in [0.15, 0.2) is 5.82 Å². The highest BCUT2D eigenvalue weighted by molar-refractivity contribution is 6.29. The van der Waals surface area contributed by atoms with Gasteiger partial charge in [-0.05, 0) is 24.6 Å². The second-order valence-electron chi connectivity index (χ2n) is 5.06. The van der Waals surface area contributed by atoms with Gasteiger partial charge in [-0.1, -0.05) is 47.9 Å². The lowest BCUT2D eigenvalue weighted by molar-refractivity contribution is 0.0527. The zero-order valence-electron chi connectivity index (χ0n) is 14.1. The molecule has 0 spiro atoms. The van der Waals surface area contributed by atoms with E-state index in [-0.39, 0.29) is 36.3 Å². The van der Waals surface area contributed by atoms with E-state index in [9.17, 15) is 9.59 Å². The lowest BCUT2D eigenvalue weighted by atomic mass is 10.2. The molecule has 0 aliphatic carbocycles. The number of aromatic nitrogens is 1. The number of anilines is 1. The second kappa shape index (κ2) is 9.44. The minimum atomic E-state index is -0.743. The van der Waals surface area contributed by atoms with Gasteiger partial charge in [0, 0.05) is 0 Å². The number of terminal acetylenes is 1. The number of carbonyl (C=O) groups is 2. The maximum Gasteiger partial charge on any atom is 0.416 e. The predicted molar refractivity (Wildman–Crippen MR) is 98.0 cm³/mol. The van der Waals surface area contributed by atoms with Crippen LogP contribution < -0.4 is 4.90 Å². The van der Waals surface area contributed by atoms with E-state index >= 15 is 0 Å². The number of amides is 1. The molecule has 2 rings (SSSR count). The van der Waals surface area contributed by atoms with Crippen LogP contribution in [0.5, 0.6) is 0 Å². The molecular weight excluding hydrogens is 356 g/mol. The van der Waals surface area contributed by atoms with Crippen molar-refractivity contribution >= 4 is 29.5 Å². The first kappa shape index (κ1) is 19.3. The maximum absolute atomic E-state index is 12.5. The standard InChI is InChI=1S/C19H17ClN2O4/c1-3-12-22(19(24)26-13-14-8-6-5-7-9-14)17-15(18(23)25-4-2)10-11-16(20)21-17/h1,5-11H,4,12-13H2,2H3. The molecule has 1 aromatic heterocycles. The number of carbonyl (C=O) groups excluding carboxylic acids is 2. The van der Waals surface area contributed by atoms with Crippen LogP contribution in [-0.4, -0.2) is 30.2 Å². The molecule has 0 bridgehead atoms. The van der Waals surface area contributed by atoms with Crippen LogP contribution >= 0.6 is 11.6 Å². The number of ether oxygens (including phenoxy) is 2. The van der Waals surface area contributed by atoms with Gasteiger partial charge in [0.2, 0.25) is 0 Å². The summed E-state index contributed by atoms with van der Waals surface area (Å²) in [5.74, 6) is 1.71. The molecule has 1 heterocycles. The van der Waals surface area contributed by atoms with Crippen LogP contribution in [-0.2, 0) is 16.1 Å². The summed E-state index contributed by atoms with van der Waals surface area (Å²) in [5.41, 5.74) is 0.884. The fraction of sp³-hybridized carbons (Fsp3) is 0.211. The highest BCUT2D eigenvalue weighted by Gasteiger charge is 2.25. The van der Waals surface area contributed by atoms with E-state index in [1.54, 1.807) is 6.92 Å². The van der Waals surface area contributed by atoms with Crippen LogP contribution in [0, 0.1) is 12.3 Å². The number of hydrogen-bond acceptors (Lipinski definition) is 5. The van der Waals surface area contributed by atoms with Gasteiger partial charge in [0.05, 0.1) is 13.2 Å². The molecule has 0 fully saturated rings. The van der Waals surface area contributed by atoms with Crippen LogP contribution in [0.2, 0.25) is 5.15 Å². The molecule has 0 unspecified atom stereocenters. The van der Waals surface area contributed by atoms with E-state index in [1.165, 1.54) is 12.1 Å². The molecule has 1 aromatic carbocycles. The van der Waals surface area contributed by atoms with Crippen molar-refractivity contribution < 1.29 is 19.1 Å². The Morgan fingerprint density at radius 3 is 2.58 bits per heavy atom. The molecule has 0 radical (unpaired) electrons. The van der Waals surface area contributed by atoms with Crippen LogP contribution in [0.3, 0.4) is 0 Å². The Morgan fingerprint density at radius 2 is 1.92 bits per heavy atom. The molecule has 0 aliphatic rings. The van der Waals surface area contributed by atoms with Crippen molar-refractivity contribution in [1.29, 1.82) is 0 Å². The van der Waals surface area contributed by atoms with Crippen LogP contribution in [0.1, 0.15) is 22.8 Å². The predicted octanol–water partition coefficient (Wildman–Crippen LogP) is 3.69. The van der Waals surface area contributed by atoms with Crippen LogP contribution in [0.25, 0.3) is 0 Å². The summed E-state index contributed by atoms with van der Waals surface area (Å²) < 4.78 is 10.3. The molecule has 0 N–H and O–H groups in total. The van der Waals surface area contributed by atoms with E-state index in [1.807, 2.05) is 30.3 Å². The number of benzene rings is 1. The fourth-order valence-corrected chi connectivity index (χ4v) is 2.26. The third-order valence-corrected chi connectivity index (χ3v) is 3.48. The van der Waals surface area contributed by atoms with Crippen molar-refractivity contribution in [2.45, 2.75) is 13.5 Å². The van der Waals surface area contributed by atoms with E-state index < -0.39 is 12.1 Å². The Balaban J connectivity index is 2.28. The van der Waals surface area contributed by atoms with Crippen molar-refractivity contribution in [3.63, 3.8) is 0 Å². The zero-order chi connectivity index (χ0) is 18.9. The van der Waals surface area contributed by atoms with Gasteiger partial charge in [-0.25, -0.2) is 19.5 Å². The largest absolute Gasteiger partial charge is 0.462 e. The Kier molecular flexibility index (Phi) is 7.01. The molecule has 0 aliphatic heterocycles. The lowest BCUT2D eigenvalue weighted by Crippen LogP contribution is -2.34. The molecule has 6 nitrogen and oxygen atoms in total. The topological polar surface area (TPSA) is 68.7 Å². The van der Waals surface area contributed by atoms with E-state index in [0.717, 1.165) is 10.5 Å². The van der Waals surface area contributed by atoms with Gasteiger partial charge >= 0.3 is 12.1 Å². The minimum Gasteiger partial charge on any atom is -0.462 e. The molecule has 2 aromatic rings. The van der Waals surface area contributed by atoms with Gasteiger partial charge in [0.25, 0.3) is 0 Å². The van der Waals surface area contributed by atoms with Gasteiger partial charge in [-0.3, -0.25) is 0 Å². The highest BCUT2D eigenvalue weighted by Crippen LogP contribution is 2.23. The summed E-state index contributed by atoms with van der Waals surface area (Å²) in [7, 11) is 0. The van der Waals surface area contributed by atoms with Gasteiger partial charge in [0.1, 0.15) is 17.3 Å². The quantitative estimate of drug-likeness (QED) is 0.439. The molecular formula is C19H17ClN2O4. The molecule has 26 heavy (non-hydrogen) atoms. The van der Waals surface area contributed by atoms with Crippen molar-refractivity contribution in [3.05, 3.63) is 58.7 Å². The SMILES string of the molecule is C#CCN(C(=O)OCc1ccccc1)c1nc(Cl)ccc1C(=O)OCC. The van der Waals surface area contributed by atoms with Gasteiger partial charge in [-0.2, -0.15) is 0 Å². The minimum absolute atomic E-state index is 0.00744. The normalized spacial score (nSPS) is 9.88. The Labute approximate surface area is 156 Å².